The molecular weight excluding hydrogens is 237 g/mol. The molecule has 0 fully saturated rings. The second-order valence-electron chi connectivity index (χ2n) is 1.91. The maximum absolute atomic E-state index is 9.55. The third-order valence-corrected chi connectivity index (χ3v) is 1.74. The van der Waals surface area contributed by atoms with E-state index in [0.29, 0.717) is 6.61 Å². The molecule has 2 N–H and O–H groups in total. The maximum atomic E-state index is 9.55. The zero-order chi connectivity index (χ0) is 9.98. The Morgan fingerprint density at radius 1 is 1.54 bits per heavy atom. The van der Waals surface area contributed by atoms with Crippen molar-refractivity contribution < 1.29 is 13.2 Å². The summed E-state index contributed by atoms with van der Waals surface area (Å²) < 4.78 is 23.9. The molecule has 84 valence electrons. The van der Waals surface area contributed by atoms with Crippen molar-refractivity contribution in [3.8, 4) is 0 Å². The molecule has 0 heterocycles. The van der Waals surface area contributed by atoms with Gasteiger partial charge in [-0.15, -0.1) is 24.0 Å². The van der Waals surface area contributed by atoms with Gasteiger partial charge in [0.15, 0.2) is 0 Å². The van der Waals surface area contributed by atoms with Gasteiger partial charge in [-0.2, -0.15) is 0 Å². The second-order valence-corrected chi connectivity index (χ2v) is 3.40. The van der Waals surface area contributed by atoms with Gasteiger partial charge in [0.25, 0.3) is 0 Å². The predicted molar refractivity (Wildman–Crippen MR) is 58.4 cm³/mol. The summed E-state index contributed by atoms with van der Waals surface area (Å²) in [6.07, 6.45) is -0.102. The van der Waals surface area contributed by atoms with E-state index in [2.05, 4.69) is 0 Å². The first-order valence-corrected chi connectivity index (χ1v) is 5.49. The van der Waals surface area contributed by atoms with Gasteiger partial charge >= 0.3 is 0 Å². The van der Waals surface area contributed by atoms with Crippen molar-refractivity contribution in [3.63, 3.8) is 0 Å². The normalized spacial score (nSPS) is 11.2. The van der Waals surface area contributed by atoms with E-state index >= 15 is 0 Å². The maximum Gasteiger partial charge on any atom is 0.141 e. The quantitative estimate of drug-likeness (QED) is 0.437. The lowest BCUT2D eigenvalue weighted by Gasteiger charge is -2.00. The van der Waals surface area contributed by atoms with Crippen molar-refractivity contribution in [1.82, 2.24) is 0 Å². The molecule has 13 heavy (non-hydrogen) atoms. The van der Waals surface area contributed by atoms with Crippen molar-refractivity contribution in [2.75, 3.05) is 18.2 Å². The zero-order valence-electron chi connectivity index (χ0n) is 7.73. The molecule has 1 unspecified atom stereocenters. The van der Waals surface area contributed by atoms with Gasteiger partial charge in [-0.1, -0.05) is 0 Å². The lowest BCUT2D eigenvalue weighted by molar-refractivity contribution is 0.0814. The molecule has 0 amide bonds. The highest BCUT2D eigenvalue weighted by Gasteiger charge is 1.83. The Morgan fingerprint density at radius 3 is 2.00 bits per heavy atom. The Hall–Kier alpha value is 0.450. The van der Waals surface area contributed by atoms with Crippen LogP contribution in [0.1, 0.15) is 13.8 Å². The van der Waals surface area contributed by atoms with Crippen LogP contribution in [0.2, 0.25) is 0 Å². The molecule has 0 aliphatic carbocycles. The van der Waals surface area contributed by atoms with Crippen LogP contribution < -0.4 is 5.73 Å². The number of thiol groups is 1. The van der Waals surface area contributed by atoms with Crippen molar-refractivity contribution in [2.45, 2.75) is 20.1 Å². The van der Waals surface area contributed by atoms with Crippen LogP contribution in [0.3, 0.4) is 0 Å². The molecular formula is C6H17Cl2NO3S. The Balaban J connectivity index is -0.000000143. The second kappa shape index (κ2) is 14.9. The van der Waals surface area contributed by atoms with Gasteiger partial charge < -0.3 is 10.5 Å². The Labute approximate surface area is 92.1 Å². The summed E-state index contributed by atoms with van der Waals surface area (Å²) in [7, 11) is -2.23. The molecule has 1 atom stereocenters. The minimum absolute atomic E-state index is 0. The average molecular weight is 254 g/mol. The van der Waals surface area contributed by atoms with Gasteiger partial charge in [-0.25, -0.2) is 8.42 Å². The van der Waals surface area contributed by atoms with Crippen LogP contribution in [0.5, 0.6) is 0 Å². The number of nitrogens with two attached hydrogens (primary N) is 1. The fourth-order valence-corrected chi connectivity index (χ4v) is 0.884. The molecule has 0 aromatic heterocycles. The van der Waals surface area contributed by atoms with E-state index in [9.17, 15) is 8.42 Å². The summed E-state index contributed by atoms with van der Waals surface area (Å²) in [6.45, 7) is 4.44. The standard InChI is InChI=1S/C4H11NO.C2H5ClO2S.ClH/c1-3-6-4(2)5;3-1-2-6(4)5;/h4H,3,5H2,1-2H3;6H,1-2H2;1H. The number of hydrogen-bond donors (Lipinski definition) is 2. The summed E-state index contributed by atoms with van der Waals surface area (Å²) in [6, 6.07) is 0. The highest BCUT2D eigenvalue weighted by atomic mass is 35.5. The number of halogens is 2. The molecule has 0 aliphatic heterocycles. The summed E-state index contributed by atoms with van der Waals surface area (Å²) in [4.78, 5) is 0. The molecule has 4 nitrogen and oxygen atoms in total. The molecule has 0 bridgehead atoms. The molecule has 0 aromatic carbocycles. The summed E-state index contributed by atoms with van der Waals surface area (Å²) in [5, 5.41) is 0. The molecule has 7 heteroatoms. The van der Waals surface area contributed by atoms with Gasteiger partial charge in [0.05, 0.1) is 5.75 Å². The fourth-order valence-electron chi connectivity index (χ4n) is 0.332. The van der Waals surface area contributed by atoms with E-state index in [0.717, 1.165) is 0 Å². The minimum Gasteiger partial charge on any atom is -0.364 e. The monoisotopic (exact) mass is 253 g/mol. The Morgan fingerprint density at radius 2 is 2.00 bits per heavy atom. The number of alkyl halides is 1. The molecule has 0 radical (unpaired) electrons. The minimum atomic E-state index is -2.23. The van der Waals surface area contributed by atoms with Crippen molar-refractivity contribution in [3.05, 3.63) is 0 Å². The van der Waals surface area contributed by atoms with E-state index in [1.807, 2.05) is 13.8 Å². The lowest BCUT2D eigenvalue weighted by Crippen LogP contribution is -2.18. The largest absolute Gasteiger partial charge is 0.364 e. The van der Waals surface area contributed by atoms with Crippen LogP contribution in [-0.4, -0.2) is 32.9 Å². The highest BCUT2D eigenvalue weighted by Crippen LogP contribution is 1.74. The van der Waals surface area contributed by atoms with Gasteiger partial charge in [0, 0.05) is 12.5 Å². The Bertz CT molecular complexity index is 145. The van der Waals surface area contributed by atoms with E-state index in [1.54, 1.807) is 0 Å². The molecule has 0 aliphatic rings. The fraction of sp³-hybridized carbons (Fsp3) is 1.00. The van der Waals surface area contributed by atoms with Crippen LogP contribution >= 0.6 is 24.0 Å². The lowest BCUT2D eigenvalue weighted by atomic mass is 10.7. The Kier molecular flexibility index (Phi) is 21.9. The van der Waals surface area contributed by atoms with Gasteiger partial charge in [-0.05, 0) is 13.8 Å². The zero-order valence-corrected chi connectivity index (χ0v) is 10.2. The van der Waals surface area contributed by atoms with Gasteiger partial charge in [0.2, 0.25) is 0 Å². The topological polar surface area (TPSA) is 69.4 Å². The van der Waals surface area contributed by atoms with E-state index in [-0.39, 0.29) is 30.3 Å². The van der Waals surface area contributed by atoms with Crippen LogP contribution in [-0.2, 0) is 15.4 Å². The van der Waals surface area contributed by atoms with Crippen LogP contribution in [0.25, 0.3) is 0 Å². The average Bonchev–Trinajstić information content (AvgIpc) is 1.87. The third kappa shape index (κ3) is 32.7. The van der Waals surface area contributed by atoms with Crippen molar-refractivity contribution >= 4 is 34.7 Å². The first-order valence-electron chi connectivity index (χ1n) is 3.59. The van der Waals surface area contributed by atoms with E-state index < -0.39 is 10.7 Å². The molecule has 0 saturated heterocycles. The molecule has 0 spiro atoms. The molecule has 0 aromatic rings. The van der Waals surface area contributed by atoms with E-state index in [4.69, 9.17) is 22.1 Å². The van der Waals surface area contributed by atoms with Gasteiger partial charge in [0.1, 0.15) is 16.9 Å². The predicted octanol–water partition coefficient (Wildman–Crippen LogP) is 0.586. The first kappa shape index (κ1) is 19.1. The molecule has 0 saturated carbocycles. The highest BCUT2D eigenvalue weighted by molar-refractivity contribution is 7.72. The SMILES string of the molecule is CCOC(C)N.Cl.O=[SH](=O)CCCl. The van der Waals surface area contributed by atoms with Gasteiger partial charge in [-0.3, -0.25) is 0 Å². The molecule has 0 rings (SSSR count). The smallest absolute Gasteiger partial charge is 0.141 e. The number of rotatable bonds is 4. The number of hydrogen-bond acceptors (Lipinski definition) is 4. The third-order valence-electron chi connectivity index (χ3n) is 0.697. The van der Waals surface area contributed by atoms with Crippen molar-refractivity contribution in [1.29, 1.82) is 0 Å². The summed E-state index contributed by atoms with van der Waals surface area (Å²) in [5.74, 6) is 0.301. The van der Waals surface area contributed by atoms with Crippen LogP contribution in [0.15, 0.2) is 0 Å². The number of ether oxygens (including phenoxy) is 1. The van der Waals surface area contributed by atoms with Crippen LogP contribution in [0, 0.1) is 0 Å². The summed E-state index contributed by atoms with van der Waals surface area (Å²) >= 11 is 5.01. The summed E-state index contributed by atoms with van der Waals surface area (Å²) in [5.41, 5.74) is 5.18. The van der Waals surface area contributed by atoms with E-state index in [1.165, 1.54) is 0 Å². The van der Waals surface area contributed by atoms with Crippen LogP contribution in [0.4, 0.5) is 0 Å². The van der Waals surface area contributed by atoms with Crippen molar-refractivity contribution in [2.24, 2.45) is 5.73 Å². The first-order chi connectivity index (χ1) is 5.54.